The second-order valence-corrected chi connectivity index (χ2v) is 3.11. The van der Waals surface area contributed by atoms with E-state index in [1.165, 1.54) is 13.3 Å². The number of rotatable bonds is 3. The maximum absolute atomic E-state index is 11.6. The molecule has 0 spiro atoms. The number of H-pyrrole nitrogens is 1. The van der Waals surface area contributed by atoms with Crippen molar-refractivity contribution in [3.05, 3.63) is 34.4 Å². The van der Waals surface area contributed by atoms with Gasteiger partial charge in [-0.3, -0.25) is 9.78 Å². The molecule has 2 N–H and O–H groups in total. The highest BCUT2D eigenvalue weighted by Gasteiger charge is 2.11. The van der Waals surface area contributed by atoms with Gasteiger partial charge in [0, 0.05) is 6.20 Å². The van der Waals surface area contributed by atoms with Gasteiger partial charge >= 0.3 is 0 Å². The Kier molecular flexibility index (Phi) is 2.84. The first-order valence-corrected chi connectivity index (χ1v) is 4.58. The molecule has 2 heterocycles. The molecule has 2 aromatic heterocycles. The van der Waals surface area contributed by atoms with E-state index in [9.17, 15) is 9.90 Å². The topological polar surface area (TPSA) is 84.4 Å². The summed E-state index contributed by atoms with van der Waals surface area (Å²) in [6.07, 6.45) is 1.50. The molecule has 0 fully saturated rings. The number of aromatic amines is 1. The number of fused-ring (bicyclic) bond motifs is 1. The molecule has 0 aliphatic heterocycles. The van der Waals surface area contributed by atoms with Crippen LogP contribution in [-0.4, -0.2) is 22.2 Å². The zero-order valence-electron chi connectivity index (χ0n) is 8.56. The standard InChI is InChI=1S/C10H10N2O4/c1-15-16-5-7-9(13)8-6(10(14)12-7)3-2-4-11-8/h2-4,13H,5H2,1H3,(H,12,14). The van der Waals surface area contributed by atoms with Crippen LogP contribution in [0.1, 0.15) is 5.69 Å². The van der Waals surface area contributed by atoms with Crippen LogP contribution in [0.15, 0.2) is 23.1 Å². The van der Waals surface area contributed by atoms with Crippen molar-refractivity contribution in [2.24, 2.45) is 0 Å². The van der Waals surface area contributed by atoms with E-state index in [4.69, 9.17) is 0 Å². The molecule has 2 rings (SSSR count). The molecule has 2 aromatic rings. The molecule has 0 amide bonds. The Hall–Kier alpha value is -1.92. The van der Waals surface area contributed by atoms with Gasteiger partial charge in [0.05, 0.1) is 18.2 Å². The third-order valence-electron chi connectivity index (χ3n) is 2.15. The summed E-state index contributed by atoms with van der Waals surface area (Å²) in [4.78, 5) is 27.1. The highest BCUT2D eigenvalue weighted by molar-refractivity contribution is 5.83. The summed E-state index contributed by atoms with van der Waals surface area (Å²) in [5, 5.41) is 10.2. The van der Waals surface area contributed by atoms with Gasteiger partial charge in [0.15, 0.2) is 5.75 Å². The van der Waals surface area contributed by atoms with Crippen LogP contribution < -0.4 is 5.56 Å². The Bertz CT molecular complexity index is 564. The number of aromatic nitrogens is 2. The van der Waals surface area contributed by atoms with E-state index in [1.807, 2.05) is 0 Å². The normalized spacial score (nSPS) is 10.8. The van der Waals surface area contributed by atoms with Crippen LogP contribution in [0.4, 0.5) is 0 Å². The molecule has 0 aliphatic rings. The zero-order valence-corrected chi connectivity index (χ0v) is 8.56. The molecule has 0 atom stereocenters. The van der Waals surface area contributed by atoms with Gasteiger partial charge in [-0.2, -0.15) is 0 Å². The first-order chi connectivity index (χ1) is 7.74. The third kappa shape index (κ3) is 1.75. The molecule has 16 heavy (non-hydrogen) atoms. The highest BCUT2D eigenvalue weighted by Crippen LogP contribution is 2.22. The van der Waals surface area contributed by atoms with E-state index in [-0.39, 0.29) is 29.1 Å². The minimum absolute atomic E-state index is 0.0515. The van der Waals surface area contributed by atoms with Crippen molar-refractivity contribution in [1.82, 2.24) is 9.97 Å². The minimum atomic E-state index is -0.324. The fraction of sp³-hybridized carbons (Fsp3) is 0.200. The fourth-order valence-electron chi connectivity index (χ4n) is 1.41. The summed E-state index contributed by atoms with van der Waals surface area (Å²) in [6, 6.07) is 3.21. The van der Waals surface area contributed by atoms with Gasteiger partial charge in [-0.15, -0.1) is 0 Å². The lowest BCUT2D eigenvalue weighted by molar-refractivity contribution is -0.283. The van der Waals surface area contributed by atoms with Crippen LogP contribution in [0.25, 0.3) is 10.9 Å². The molecule has 0 bridgehead atoms. The molecule has 0 aliphatic carbocycles. The lowest BCUT2D eigenvalue weighted by atomic mass is 10.2. The number of nitrogens with zero attached hydrogens (tertiary/aromatic N) is 1. The van der Waals surface area contributed by atoms with Crippen LogP contribution in [-0.2, 0) is 16.4 Å². The molecule has 84 valence electrons. The summed E-state index contributed by atoms with van der Waals surface area (Å²) in [6.45, 7) is -0.0515. The second-order valence-electron chi connectivity index (χ2n) is 3.11. The van der Waals surface area contributed by atoms with Crippen molar-refractivity contribution in [2.75, 3.05) is 7.11 Å². The minimum Gasteiger partial charge on any atom is -0.504 e. The Balaban J connectivity index is 2.61. The average Bonchev–Trinajstić information content (AvgIpc) is 2.32. The van der Waals surface area contributed by atoms with Gasteiger partial charge in [-0.25, -0.2) is 9.78 Å². The van der Waals surface area contributed by atoms with Crippen molar-refractivity contribution >= 4 is 10.9 Å². The first-order valence-electron chi connectivity index (χ1n) is 4.58. The van der Waals surface area contributed by atoms with Gasteiger partial charge in [0.25, 0.3) is 5.56 Å². The Morgan fingerprint density at radius 3 is 3.12 bits per heavy atom. The molecule has 6 heteroatoms. The molecule has 0 saturated heterocycles. The Morgan fingerprint density at radius 1 is 1.56 bits per heavy atom. The van der Waals surface area contributed by atoms with Crippen molar-refractivity contribution in [1.29, 1.82) is 0 Å². The van der Waals surface area contributed by atoms with Crippen molar-refractivity contribution in [3.63, 3.8) is 0 Å². The average molecular weight is 222 g/mol. The van der Waals surface area contributed by atoms with E-state index < -0.39 is 0 Å². The highest BCUT2D eigenvalue weighted by atomic mass is 17.2. The third-order valence-corrected chi connectivity index (χ3v) is 2.15. The second kappa shape index (κ2) is 4.30. The maximum atomic E-state index is 11.6. The van der Waals surface area contributed by atoms with Gasteiger partial charge in [-0.1, -0.05) is 0 Å². The zero-order chi connectivity index (χ0) is 11.5. The molecular weight excluding hydrogens is 212 g/mol. The summed E-state index contributed by atoms with van der Waals surface area (Å²) >= 11 is 0. The summed E-state index contributed by atoms with van der Waals surface area (Å²) in [7, 11) is 1.34. The van der Waals surface area contributed by atoms with Crippen molar-refractivity contribution < 1.29 is 14.9 Å². The van der Waals surface area contributed by atoms with Crippen LogP contribution in [0, 0.1) is 0 Å². The summed E-state index contributed by atoms with van der Waals surface area (Å²) < 4.78 is 0. The summed E-state index contributed by atoms with van der Waals surface area (Å²) in [5.41, 5.74) is 0.162. The number of nitrogens with one attached hydrogen (secondary N) is 1. The predicted molar refractivity (Wildman–Crippen MR) is 55.8 cm³/mol. The largest absolute Gasteiger partial charge is 0.504 e. The van der Waals surface area contributed by atoms with Crippen molar-refractivity contribution in [2.45, 2.75) is 6.61 Å². The van der Waals surface area contributed by atoms with Crippen LogP contribution in [0.5, 0.6) is 5.75 Å². The molecule has 0 unspecified atom stereocenters. The van der Waals surface area contributed by atoms with E-state index in [0.29, 0.717) is 5.39 Å². The van der Waals surface area contributed by atoms with Gasteiger partial charge in [0.1, 0.15) is 12.1 Å². The fourth-order valence-corrected chi connectivity index (χ4v) is 1.41. The van der Waals surface area contributed by atoms with Crippen LogP contribution >= 0.6 is 0 Å². The first kappa shape index (κ1) is 10.6. The lowest BCUT2D eigenvalue weighted by Crippen LogP contribution is -2.11. The van der Waals surface area contributed by atoms with E-state index in [2.05, 4.69) is 19.7 Å². The molecule has 0 radical (unpaired) electrons. The SMILES string of the molecule is COOCc1[nH]c(=O)c2cccnc2c1O. The predicted octanol–water partition coefficient (Wildman–Crippen LogP) is 0.707. The van der Waals surface area contributed by atoms with Gasteiger partial charge in [-0.05, 0) is 12.1 Å². The number of aromatic hydroxyl groups is 1. The summed E-state index contributed by atoms with van der Waals surface area (Å²) in [5.74, 6) is -0.104. The molecule has 0 saturated carbocycles. The van der Waals surface area contributed by atoms with Gasteiger partial charge in [0.2, 0.25) is 0 Å². The number of hydrogen-bond donors (Lipinski definition) is 2. The van der Waals surface area contributed by atoms with E-state index in [0.717, 1.165) is 0 Å². The number of hydrogen-bond acceptors (Lipinski definition) is 5. The molecular formula is C10H10N2O4. The smallest absolute Gasteiger partial charge is 0.257 e. The lowest BCUT2D eigenvalue weighted by Gasteiger charge is -2.05. The molecule has 6 nitrogen and oxygen atoms in total. The number of pyridine rings is 2. The van der Waals surface area contributed by atoms with E-state index >= 15 is 0 Å². The maximum Gasteiger partial charge on any atom is 0.257 e. The van der Waals surface area contributed by atoms with Gasteiger partial charge < -0.3 is 10.1 Å². The molecule has 0 aromatic carbocycles. The van der Waals surface area contributed by atoms with Crippen LogP contribution in [0.3, 0.4) is 0 Å². The van der Waals surface area contributed by atoms with E-state index in [1.54, 1.807) is 12.1 Å². The Morgan fingerprint density at radius 2 is 2.38 bits per heavy atom. The Labute approximate surface area is 90.4 Å². The monoisotopic (exact) mass is 222 g/mol. The van der Waals surface area contributed by atoms with Crippen molar-refractivity contribution in [3.8, 4) is 5.75 Å². The quantitative estimate of drug-likeness (QED) is 0.590. The van der Waals surface area contributed by atoms with Crippen LogP contribution in [0.2, 0.25) is 0 Å².